The van der Waals surface area contributed by atoms with Crippen molar-refractivity contribution in [2.24, 2.45) is 4.99 Å². The molecular weight excluding hydrogens is 554 g/mol. The van der Waals surface area contributed by atoms with Gasteiger partial charge in [-0.25, -0.2) is 9.79 Å². The first kappa shape index (κ1) is 28.6. The summed E-state index contributed by atoms with van der Waals surface area (Å²) in [5, 5.41) is 2.95. The summed E-state index contributed by atoms with van der Waals surface area (Å²) in [4.78, 5) is 44.3. The quantitative estimate of drug-likeness (QED) is 0.300. The van der Waals surface area contributed by atoms with Crippen molar-refractivity contribution in [3.63, 3.8) is 0 Å². The standard InChI is InChI=1S/C32H29N3O6S/c1-4-40-27(36)19-41-25-14-10-21(11-15-25)18-26-31(38)35-29(22-12-16-24(39-3)17-13-22)28(20(2)33-32(35)42-26)30(37)34-23-8-6-5-7-9-23/h5-18,29H,4,19H2,1-3H3,(H,34,37)/b26-18+/t29-/m0/s1. The monoisotopic (exact) mass is 583 g/mol. The fourth-order valence-electron chi connectivity index (χ4n) is 4.59. The van der Waals surface area contributed by atoms with Gasteiger partial charge in [0.05, 0.1) is 35.6 Å². The van der Waals surface area contributed by atoms with Crippen LogP contribution in [-0.2, 0) is 14.3 Å². The van der Waals surface area contributed by atoms with Crippen molar-refractivity contribution in [3.05, 3.63) is 121 Å². The highest BCUT2D eigenvalue weighted by atomic mass is 32.1. The molecule has 42 heavy (non-hydrogen) atoms. The first-order valence-corrected chi connectivity index (χ1v) is 14.1. The number of anilines is 1. The summed E-state index contributed by atoms with van der Waals surface area (Å²) in [6.45, 7) is 3.62. The normalized spacial score (nSPS) is 14.5. The summed E-state index contributed by atoms with van der Waals surface area (Å²) >= 11 is 1.25. The van der Waals surface area contributed by atoms with Gasteiger partial charge in [0.2, 0.25) is 0 Å². The third kappa shape index (κ3) is 6.18. The molecule has 9 nitrogen and oxygen atoms in total. The van der Waals surface area contributed by atoms with Gasteiger partial charge in [-0.3, -0.25) is 14.2 Å². The van der Waals surface area contributed by atoms with Crippen molar-refractivity contribution >= 4 is 35.0 Å². The molecule has 1 N–H and O–H groups in total. The lowest BCUT2D eigenvalue weighted by molar-refractivity contribution is -0.145. The lowest BCUT2D eigenvalue weighted by atomic mass is 9.95. The van der Waals surface area contributed by atoms with E-state index in [1.54, 1.807) is 80.1 Å². The number of carbonyl (C=O) groups excluding carboxylic acids is 2. The zero-order chi connectivity index (χ0) is 29.6. The molecule has 1 aliphatic heterocycles. The Balaban J connectivity index is 1.52. The fraction of sp³-hybridized carbons (Fsp3) is 0.188. The number of aromatic nitrogens is 1. The topological polar surface area (TPSA) is 108 Å². The number of benzene rings is 3. The predicted octanol–water partition coefficient (Wildman–Crippen LogP) is 3.82. The van der Waals surface area contributed by atoms with Crippen LogP contribution in [0, 0.1) is 0 Å². The predicted molar refractivity (Wildman–Crippen MR) is 160 cm³/mol. The summed E-state index contributed by atoms with van der Waals surface area (Å²) in [7, 11) is 1.58. The summed E-state index contributed by atoms with van der Waals surface area (Å²) in [5.41, 5.74) is 2.80. The fourth-order valence-corrected chi connectivity index (χ4v) is 5.64. The number of amides is 1. The van der Waals surface area contributed by atoms with Gasteiger partial charge in [0, 0.05) is 5.69 Å². The van der Waals surface area contributed by atoms with Crippen LogP contribution in [0.4, 0.5) is 5.69 Å². The lowest BCUT2D eigenvalue weighted by Crippen LogP contribution is -2.40. The number of hydrogen-bond donors (Lipinski definition) is 1. The van der Waals surface area contributed by atoms with Crippen molar-refractivity contribution in [1.82, 2.24) is 4.57 Å². The average Bonchev–Trinajstić information content (AvgIpc) is 3.30. The van der Waals surface area contributed by atoms with Gasteiger partial charge in [-0.2, -0.15) is 0 Å². The summed E-state index contributed by atoms with van der Waals surface area (Å²) in [6, 6.07) is 22.8. The minimum Gasteiger partial charge on any atom is -0.497 e. The van der Waals surface area contributed by atoms with E-state index in [1.807, 2.05) is 30.3 Å². The first-order valence-electron chi connectivity index (χ1n) is 13.3. The van der Waals surface area contributed by atoms with Crippen molar-refractivity contribution in [2.75, 3.05) is 25.6 Å². The van der Waals surface area contributed by atoms with Crippen LogP contribution >= 0.6 is 11.3 Å². The molecule has 1 aliphatic rings. The zero-order valence-corrected chi connectivity index (χ0v) is 24.1. The van der Waals surface area contributed by atoms with Crippen LogP contribution in [0.2, 0.25) is 0 Å². The molecule has 1 atom stereocenters. The molecule has 0 saturated carbocycles. The van der Waals surface area contributed by atoms with Crippen LogP contribution in [-0.4, -0.2) is 36.8 Å². The Morgan fingerprint density at radius 3 is 2.36 bits per heavy atom. The van der Waals surface area contributed by atoms with E-state index in [4.69, 9.17) is 14.2 Å². The molecule has 4 aromatic rings. The van der Waals surface area contributed by atoms with Gasteiger partial charge in [-0.05, 0) is 67.4 Å². The van der Waals surface area contributed by atoms with Crippen molar-refractivity contribution in [1.29, 1.82) is 0 Å². The Morgan fingerprint density at radius 1 is 1.00 bits per heavy atom. The maximum atomic E-state index is 13.9. The molecule has 2 heterocycles. The van der Waals surface area contributed by atoms with Crippen LogP contribution in [0.25, 0.3) is 6.08 Å². The smallest absolute Gasteiger partial charge is 0.344 e. The molecule has 3 aromatic carbocycles. The molecule has 0 saturated heterocycles. The number of allylic oxidation sites excluding steroid dienone is 1. The molecule has 0 bridgehead atoms. The number of esters is 1. The van der Waals surface area contributed by atoms with Crippen LogP contribution < -0.4 is 29.7 Å². The summed E-state index contributed by atoms with van der Waals surface area (Å²) in [6.07, 6.45) is 1.77. The van der Waals surface area contributed by atoms with Gasteiger partial charge in [-0.15, -0.1) is 0 Å². The SMILES string of the molecule is CCOC(=O)COc1ccc(/C=c2/sc3n(c2=O)[C@@H](c2ccc(OC)cc2)C(C(=O)Nc2ccccc2)=C(C)N=3)cc1. The Hall–Kier alpha value is -4.96. The number of nitrogens with one attached hydrogen (secondary N) is 1. The van der Waals surface area contributed by atoms with Crippen molar-refractivity contribution in [3.8, 4) is 11.5 Å². The molecule has 0 spiro atoms. The number of hydrogen-bond acceptors (Lipinski definition) is 8. The van der Waals surface area contributed by atoms with Gasteiger partial charge in [0.25, 0.3) is 11.5 Å². The van der Waals surface area contributed by atoms with Crippen LogP contribution in [0.15, 0.2) is 99.9 Å². The van der Waals surface area contributed by atoms with Gasteiger partial charge < -0.3 is 19.5 Å². The lowest BCUT2D eigenvalue weighted by Gasteiger charge is -2.25. The minimum absolute atomic E-state index is 0.184. The molecule has 0 aliphatic carbocycles. The van der Waals surface area contributed by atoms with Crippen LogP contribution in [0.1, 0.15) is 31.0 Å². The number of nitrogens with zero attached hydrogens (tertiary/aromatic N) is 2. The number of carbonyl (C=O) groups is 2. The second-order valence-corrected chi connectivity index (χ2v) is 10.3. The maximum Gasteiger partial charge on any atom is 0.344 e. The Kier molecular flexibility index (Phi) is 8.63. The molecule has 0 radical (unpaired) electrons. The van der Waals surface area contributed by atoms with Gasteiger partial charge in [0.1, 0.15) is 11.5 Å². The maximum absolute atomic E-state index is 13.9. The van der Waals surface area contributed by atoms with E-state index in [-0.39, 0.29) is 24.7 Å². The largest absolute Gasteiger partial charge is 0.497 e. The highest BCUT2D eigenvalue weighted by Crippen LogP contribution is 2.31. The van der Waals surface area contributed by atoms with Crippen molar-refractivity contribution in [2.45, 2.75) is 19.9 Å². The minimum atomic E-state index is -0.698. The average molecular weight is 584 g/mol. The molecule has 1 aromatic heterocycles. The molecule has 214 valence electrons. The Bertz CT molecular complexity index is 1810. The van der Waals surface area contributed by atoms with E-state index in [2.05, 4.69) is 10.3 Å². The molecular formula is C32H29N3O6S. The van der Waals surface area contributed by atoms with E-state index < -0.39 is 12.0 Å². The number of methoxy groups -OCH3 is 1. The van der Waals surface area contributed by atoms with E-state index in [0.29, 0.717) is 37.8 Å². The molecule has 0 unspecified atom stereocenters. The Morgan fingerprint density at radius 2 is 1.69 bits per heavy atom. The van der Waals surface area contributed by atoms with Gasteiger partial charge in [0.15, 0.2) is 11.4 Å². The first-order chi connectivity index (χ1) is 20.4. The molecule has 1 amide bonds. The molecule has 10 heteroatoms. The third-order valence-corrected chi connectivity index (χ3v) is 7.55. The summed E-state index contributed by atoms with van der Waals surface area (Å²) in [5.74, 6) is 0.389. The number of ether oxygens (including phenoxy) is 3. The number of fused-ring (bicyclic) bond motifs is 1. The molecule has 5 rings (SSSR count). The Labute approximate surface area is 246 Å². The van der Waals surface area contributed by atoms with E-state index >= 15 is 0 Å². The second kappa shape index (κ2) is 12.7. The van der Waals surface area contributed by atoms with Crippen LogP contribution in [0.3, 0.4) is 0 Å². The van der Waals surface area contributed by atoms with Crippen LogP contribution in [0.5, 0.6) is 11.5 Å². The van der Waals surface area contributed by atoms with E-state index in [0.717, 1.165) is 11.1 Å². The zero-order valence-electron chi connectivity index (χ0n) is 23.3. The second-order valence-electron chi connectivity index (χ2n) is 9.34. The van der Waals surface area contributed by atoms with E-state index in [1.165, 1.54) is 11.3 Å². The number of para-hydroxylation sites is 1. The van der Waals surface area contributed by atoms with E-state index in [9.17, 15) is 14.4 Å². The van der Waals surface area contributed by atoms with Gasteiger partial charge >= 0.3 is 5.97 Å². The van der Waals surface area contributed by atoms with Crippen molar-refractivity contribution < 1.29 is 23.8 Å². The highest BCUT2D eigenvalue weighted by Gasteiger charge is 2.32. The molecule has 0 fully saturated rings. The third-order valence-electron chi connectivity index (χ3n) is 6.57. The highest BCUT2D eigenvalue weighted by molar-refractivity contribution is 7.07. The van der Waals surface area contributed by atoms with Gasteiger partial charge in [-0.1, -0.05) is 53.8 Å². The number of rotatable bonds is 9. The number of thiazole rings is 1. The summed E-state index contributed by atoms with van der Waals surface area (Å²) < 4.78 is 17.7.